The molecule has 0 aliphatic carbocycles. The van der Waals surface area contributed by atoms with E-state index in [1.54, 1.807) is 0 Å². The van der Waals surface area contributed by atoms with Gasteiger partial charge in [-0.2, -0.15) is 0 Å². The topological polar surface area (TPSA) is 21.7 Å². The van der Waals surface area contributed by atoms with Crippen LogP contribution in [0.3, 0.4) is 0 Å². The molecule has 20 heavy (non-hydrogen) atoms. The van der Waals surface area contributed by atoms with E-state index in [4.69, 9.17) is 8.85 Å². The van der Waals surface area contributed by atoms with Crippen molar-refractivity contribution in [3.05, 3.63) is 0 Å². The van der Waals surface area contributed by atoms with E-state index in [2.05, 4.69) is 51.2 Å². The van der Waals surface area contributed by atoms with Crippen LogP contribution in [0.2, 0.25) is 38.3 Å². The summed E-state index contributed by atoms with van der Waals surface area (Å²) < 4.78 is 15.2. The van der Waals surface area contributed by atoms with Crippen LogP contribution in [0.5, 0.6) is 0 Å². The van der Waals surface area contributed by atoms with E-state index in [-0.39, 0.29) is 0 Å². The van der Waals surface area contributed by atoms with Crippen molar-refractivity contribution < 1.29 is 8.85 Å². The second kappa shape index (κ2) is 7.69. The first-order chi connectivity index (χ1) is 9.30. The maximum absolute atomic E-state index is 6.12. The fourth-order valence-corrected chi connectivity index (χ4v) is 23.7. The lowest BCUT2D eigenvalue weighted by molar-refractivity contribution is 0.191. The molecule has 1 unspecified atom stereocenters. The standard InChI is InChI=1S/C14H35NO2Si3/c1-8-11-14(18(16-9-2)17-10-3)15-19(4,5)12-13-20(15,6)7/h14,18H,8-13H2,1-7H3. The Balaban J connectivity index is 3.03. The lowest BCUT2D eigenvalue weighted by atomic mass is 10.3. The van der Waals surface area contributed by atoms with Crippen molar-refractivity contribution in [1.29, 1.82) is 0 Å². The molecule has 1 aliphatic rings. The molecule has 1 aliphatic heterocycles. The number of hydrogen-bond acceptors (Lipinski definition) is 3. The summed E-state index contributed by atoms with van der Waals surface area (Å²) >= 11 is 0. The molecule has 0 amide bonds. The summed E-state index contributed by atoms with van der Waals surface area (Å²) in [5.74, 6) is 0. The predicted molar refractivity (Wildman–Crippen MR) is 95.5 cm³/mol. The van der Waals surface area contributed by atoms with Crippen molar-refractivity contribution in [2.24, 2.45) is 0 Å². The van der Waals surface area contributed by atoms with Gasteiger partial charge in [0.1, 0.15) is 16.5 Å². The van der Waals surface area contributed by atoms with Gasteiger partial charge in [0, 0.05) is 18.9 Å². The van der Waals surface area contributed by atoms with Crippen LogP contribution >= 0.6 is 0 Å². The molecule has 3 nitrogen and oxygen atoms in total. The van der Waals surface area contributed by atoms with Crippen LogP contribution in [0.4, 0.5) is 0 Å². The van der Waals surface area contributed by atoms with Crippen LogP contribution in [-0.2, 0) is 8.85 Å². The van der Waals surface area contributed by atoms with Gasteiger partial charge in [0.25, 0.3) is 0 Å². The summed E-state index contributed by atoms with van der Waals surface area (Å²) in [5.41, 5.74) is 0.603. The lowest BCUT2D eigenvalue weighted by Gasteiger charge is -2.46. The minimum Gasteiger partial charge on any atom is -0.396 e. The van der Waals surface area contributed by atoms with Gasteiger partial charge in [-0.1, -0.05) is 39.5 Å². The normalized spacial score (nSPS) is 23.4. The Morgan fingerprint density at radius 3 is 1.75 bits per heavy atom. The van der Waals surface area contributed by atoms with E-state index < -0.39 is 25.8 Å². The Morgan fingerprint density at radius 2 is 1.40 bits per heavy atom. The molecule has 0 saturated carbocycles. The Labute approximate surface area is 130 Å². The molecule has 0 spiro atoms. The third kappa shape index (κ3) is 4.27. The third-order valence-electron chi connectivity index (χ3n) is 4.55. The first-order valence-electron chi connectivity index (χ1n) is 8.32. The molecule has 1 fully saturated rings. The Kier molecular flexibility index (Phi) is 7.14. The number of rotatable bonds is 8. The number of hydrogen-bond donors (Lipinski definition) is 0. The van der Waals surface area contributed by atoms with Gasteiger partial charge in [-0.3, -0.25) is 0 Å². The molecule has 120 valence electrons. The smallest absolute Gasteiger partial charge is 0.337 e. The second-order valence-electron chi connectivity index (χ2n) is 7.13. The SMILES string of the molecule is CCCC(N1[Si](C)(C)CC[Si]1(C)C)[SiH](OCC)OCC. The van der Waals surface area contributed by atoms with Crippen molar-refractivity contribution in [3.63, 3.8) is 0 Å². The summed E-state index contributed by atoms with van der Waals surface area (Å²) in [6, 6.07) is 2.93. The maximum Gasteiger partial charge on any atom is 0.337 e. The van der Waals surface area contributed by atoms with Gasteiger partial charge in [0.15, 0.2) is 0 Å². The van der Waals surface area contributed by atoms with E-state index in [0.717, 1.165) is 13.2 Å². The second-order valence-corrected chi connectivity index (χ2v) is 19.0. The minimum absolute atomic E-state index is 0.603. The first kappa shape index (κ1) is 18.6. The Hall–Kier alpha value is 0.531. The van der Waals surface area contributed by atoms with Crippen molar-refractivity contribution in [2.75, 3.05) is 13.2 Å². The Bertz CT molecular complexity index is 278. The van der Waals surface area contributed by atoms with Crippen LogP contribution in [-0.4, -0.2) is 48.9 Å². The zero-order valence-electron chi connectivity index (χ0n) is 14.7. The van der Waals surface area contributed by atoms with E-state index in [9.17, 15) is 0 Å². The van der Waals surface area contributed by atoms with Gasteiger partial charge in [0.2, 0.25) is 0 Å². The van der Waals surface area contributed by atoms with Crippen LogP contribution in [0.25, 0.3) is 0 Å². The van der Waals surface area contributed by atoms with Crippen molar-refractivity contribution in [1.82, 2.24) is 4.23 Å². The average Bonchev–Trinajstić information content (AvgIpc) is 2.56. The minimum atomic E-state index is -1.59. The van der Waals surface area contributed by atoms with Crippen molar-refractivity contribution >= 4 is 25.8 Å². The zero-order valence-corrected chi connectivity index (χ0v) is 17.8. The van der Waals surface area contributed by atoms with Gasteiger partial charge in [0.05, 0.1) is 0 Å². The molecule has 1 heterocycles. The summed E-state index contributed by atoms with van der Waals surface area (Å²) in [7, 11) is -4.10. The van der Waals surface area contributed by atoms with Gasteiger partial charge in [-0.25, -0.2) is 0 Å². The molecule has 0 radical (unpaired) electrons. The summed E-state index contributed by atoms with van der Waals surface area (Å²) in [5, 5.41) is 0. The largest absolute Gasteiger partial charge is 0.396 e. The zero-order chi connectivity index (χ0) is 15.4. The van der Waals surface area contributed by atoms with Crippen LogP contribution in [0, 0.1) is 0 Å². The average molecular weight is 334 g/mol. The highest BCUT2D eigenvalue weighted by Gasteiger charge is 2.52. The van der Waals surface area contributed by atoms with Gasteiger partial charge in [-0.15, -0.1) is 0 Å². The van der Waals surface area contributed by atoms with E-state index in [1.165, 1.54) is 24.9 Å². The third-order valence-corrected chi connectivity index (χ3v) is 18.1. The predicted octanol–water partition coefficient (Wildman–Crippen LogP) is 3.71. The molecule has 1 saturated heterocycles. The molecule has 0 aromatic heterocycles. The summed E-state index contributed by atoms with van der Waals surface area (Å²) in [6.07, 6.45) is 2.49. The molecule has 6 heteroatoms. The van der Waals surface area contributed by atoms with Crippen molar-refractivity contribution in [3.8, 4) is 0 Å². The van der Waals surface area contributed by atoms with E-state index in [1.807, 2.05) is 0 Å². The first-order valence-corrected chi connectivity index (χ1v) is 16.2. The number of nitrogens with zero attached hydrogens (tertiary/aromatic N) is 1. The van der Waals surface area contributed by atoms with E-state index >= 15 is 0 Å². The quantitative estimate of drug-likeness (QED) is 0.632. The van der Waals surface area contributed by atoms with Crippen molar-refractivity contribution in [2.45, 2.75) is 77.6 Å². The highest BCUT2D eigenvalue weighted by molar-refractivity contribution is 6.96. The monoisotopic (exact) mass is 333 g/mol. The van der Waals surface area contributed by atoms with Gasteiger partial charge >= 0.3 is 9.28 Å². The van der Waals surface area contributed by atoms with Gasteiger partial charge < -0.3 is 13.1 Å². The summed E-state index contributed by atoms with van der Waals surface area (Å²) in [6.45, 7) is 18.3. The molecule has 1 rings (SSSR count). The van der Waals surface area contributed by atoms with Crippen LogP contribution < -0.4 is 0 Å². The molecular weight excluding hydrogens is 298 g/mol. The fraction of sp³-hybridized carbons (Fsp3) is 1.00. The molecule has 0 aromatic carbocycles. The molecule has 0 aromatic rings. The molecular formula is C14H35NO2Si3. The highest BCUT2D eigenvalue weighted by Crippen LogP contribution is 2.40. The maximum atomic E-state index is 6.12. The molecule has 1 atom stereocenters. The molecule has 0 N–H and O–H groups in total. The van der Waals surface area contributed by atoms with Gasteiger partial charge in [-0.05, 0) is 32.4 Å². The fourth-order valence-electron chi connectivity index (χ4n) is 3.85. The Morgan fingerprint density at radius 1 is 0.950 bits per heavy atom. The van der Waals surface area contributed by atoms with Crippen LogP contribution in [0.15, 0.2) is 0 Å². The molecule has 0 bridgehead atoms. The van der Waals surface area contributed by atoms with Crippen LogP contribution in [0.1, 0.15) is 33.6 Å². The highest BCUT2D eigenvalue weighted by atomic mass is 28.4. The lowest BCUT2D eigenvalue weighted by Crippen LogP contribution is -2.64. The van der Waals surface area contributed by atoms with E-state index in [0.29, 0.717) is 5.67 Å². The summed E-state index contributed by atoms with van der Waals surface area (Å²) in [4.78, 5) is 0.